The molecule has 1 aromatic rings. The van der Waals surface area contributed by atoms with E-state index in [2.05, 4.69) is 28.4 Å². The van der Waals surface area contributed by atoms with E-state index in [0.29, 0.717) is 18.7 Å². The number of nitrogens with zero attached hydrogens (tertiary/aromatic N) is 1. The standard InChI is InChI=1S/C15H18N2O2S/c1-20-15(7-8-15)11-17-14(19)13-6-5-12(10-16-13)4-2-3-9-18/h5-6,10,18H,3,7-9,11H2,1H3,(H,17,19). The topological polar surface area (TPSA) is 62.2 Å². The van der Waals surface area contributed by atoms with E-state index in [4.69, 9.17) is 5.11 Å². The van der Waals surface area contributed by atoms with Gasteiger partial charge in [0.1, 0.15) is 5.69 Å². The smallest absolute Gasteiger partial charge is 0.269 e. The number of aliphatic hydroxyl groups is 1. The fourth-order valence-corrected chi connectivity index (χ4v) is 2.47. The van der Waals surface area contributed by atoms with Gasteiger partial charge in [-0.25, -0.2) is 4.98 Å². The van der Waals surface area contributed by atoms with Crippen molar-refractivity contribution in [3.05, 3.63) is 29.6 Å². The van der Waals surface area contributed by atoms with Crippen LogP contribution in [-0.4, -0.2) is 40.2 Å². The maximum Gasteiger partial charge on any atom is 0.269 e. The minimum atomic E-state index is -0.139. The monoisotopic (exact) mass is 290 g/mol. The summed E-state index contributed by atoms with van der Waals surface area (Å²) in [6.07, 6.45) is 6.44. The molecule has 5 heteroatoms. The molecule has 1 heterocycles. The van der Waals surface area contributed by atoms with Crippen molar-refractivity contribution in [2.75, 3.05) is 19.4 Å². The van der Waals surface area contributed by atoms with E-state index >= 15 is 0 Å². The molecular weight excluding hydrogens is 272 g/mol. The lowest BCUT2D eigenvalue weighted by Crippen LogP contribution is -2.32. The minimum absolute atomic E-state index is 0.0537. The van der Waals surface area contributed by atoms with Gasteiger partial charge in [-0.1, -0.05) is 11.8 Å². The zero-order valence-corrected chi connectivity index (χ0v) is 12.3. The molecular formula is C15H18N2O2S. The average molecular weight is 290 g/mol. The Morgan fingerprint density at radius 3 is 2.90 bits per heavy atom. The van der Waals surface area contributed by atoms with Gasteiger partial charge < -0.3 is 10.4 Å². The summed E-state index contributed by atoms with van der Waals surface area (Å²) in [5.41, 5.74) is 1.16. The van der Waals surface area contributed by atoms with Gasteiger partial charge in [0.15, 0.2) is 0 Å². The molecule has 20 heavy (non-hydrogen) atoms. The van der Waals surface area contributed by atoms with Gasteiger partial charge in [0.05, 0.1) is 6.61 Å². The summed E-state index contributed by atoms with van der Waals surface area (Å²) in [7, 11) is 0. The predicted molar refractivity (Wildman–Crippen MR) is 80.6 cm³/mol. The van der Waals surface area contributed by atoms with Crippen molar-refractivity contribution in [1.29, 1.82) is 0 Å². The Morgan fingerprint density at radius 1 is 1.55 bits per heavy atom. The maximum atomic E-state index is 12.0. The van der Waals surface area contributed by atoms with Crippen LogP contribution in [0.5, 0.6) is 0 Å². The fourth-order valence-electron chi connectivity index (χ4n) is 1.75. The number of amides is 1. The van der Waals surface area contributed by atoms with E-state index in [9.17, 15) is 4.79 Å². The molecule has 1 amide bonds. The molecule has 4 nitrogen and oxygen atoms in total. The van der Waals surface area contributed by atoms with Crippen LogP contribution in [0.3, 0.4) is 0 Å². The number of nitrogens with one attached hydrogen (secondary N) is 1. The second-order valence-electron chi connectivity index (χ2n) is 4.78. The molecule has 0 spiro atoms. The first-order valence-corrected chi connectivity index (χ1v) is 7.81. The summed E-state index contributed by atoms with van der Waals surface area (Å²) in [4.78, 5) is 16.1. The van der Waals surface area contributed by atoms with E-state index in [1.807, 2.05) is 11.8 Å². The molecule has 0 unspecified atom stereocenters. The van der Waals surface area contributed by atoms with Crippen LogP contribution in [0.2, 0.25) is 0 Å². The largest absolute Gasteiger partial charge is 0.395 e. The molecule has 1 aliphatic rings. The predicted octanol–water partition coefficient (Wildman–Crippen LogP) is 1.44. The minimum Gasteiger partial charge on any atom is -0.395 e. The Hall–Kier alpha value is -1.51. The molecule has 0 bridgehead atoms. The first-order chi connectivity index (χ1) is 9.69. The summed E-state index contributed by atoms with van der Waals surface area (Å²) in [5.74, 6) is 5.56. The van der Waals surface area contributed by atoms with Crippen molar-refractivity contribution in [2.45, 2.75) is 24.0 Å². The van der Waals surface area contributed by atoms with Crippen LogP contribution < -0.4 is 5.32 Å². The lowest BCUT2D eigenvalue weighted by atomic mass is 10.2. The number of hydrogen-bond acceptors (Lipinski definition) is 4. The van der Waals surface area contributed by atoms with Crippen LogP contribution in [0.4, 0.5) is 0 Å². The fraction of sp³-hybridized carbons (Fsp3) is 0.467. The first-order valence-electron chi connectivity index (χ1n) is 6.58. The van der Waals surface area contributed by atoms with Crippen LogP contribution in [0.1, 0.15) is 35.3 Å². The third-order valence-corrected chi connectivity index (χ3v) is 4.70. The number of hydrogen-bond donors (Lipinski definition) is 2. The molecule has 2 rings (SSSR count). The van der Waals surface area contributed by atoms with E-state index in [1.165, 1.54) is 12.8 Å². The SMILES string of the molecule is CSC1(CNC(=O)c2ccc(C#CCCO)cn2)CC1. The normalized spacial score (nSPS) is 15.1. The van der Waals surface area contributed by atoms with Gasteiger partial charge >= 0.3 is 0 Å². The molecule has 1 aromatic heterocycles. The van der Waals surface area contributed by atoms with Crippen LogP contribution >= 0.6 is 11.8 Å². The highest BCUT2D eigenvalue weighted by atomic mass is 32.2. The summed E-state index contributed by atoms with van der Waals surface area (Å²) in [6, 6.07) is 3.45. The molecule has 1 aliphatic carbocycles. The maximum absolute atomic E-state index is 12.0. The second kappa shape index (κ2) is 6.78. The third kappa shape index (κ3) is 3.99. The number of aliphatic hydroxyl groups excluding tert-OH is 1. The van der Waals surface area contributed by atoms with Gasteiger partial charge in [-0.2, -0.15) is 11.8 Å². The van der Waals surface area contributed by atoms with Crippen molar-refractivity contribution in [1.82, 2.24) is 10.3 Å². The van der Waals surface area contributed by atoms with Gasteiger partial charge in [-0.3, -0.25) is 4.79 Å². The first kappa shape index (κ1) is 14.9. The third-order valence-electron chi connectivity index (χ3n) is 3.28. The lowest BCUT2D eigenvalue weighted by molar-refractivity contribution is 0.0948. The number of rotatable bonds is 5. The lowest BCUT2D eigenvalue weighted by Gasteiger charge is -2.12. The van der Waals surface area contributed by atoms with Crippen molar-refractivity contribution < 1.29 is 9.90 Å². The van der Waals surface area contributed by atoms with Gasteiger partial charge in [0.2, 0.25) is 0 Å². The zero-order chi connectivity index (χ0) is 14.4. The Balaban J connectivity index is 1.89. The molecule has 0 aliphatic heterocycles. The van der Waals surface area contributed by atoms with Gasteiger partial charge in [-0.05, 0) is 31.2 Å². The van der Waals surface area contributed by atoms with Gasteiger partial charge in [0.25, 0.3) is 5.91 Å². The molecule has 0 atom stereocenters. The molecule has 0 saturated heterocycles. The van der Waals surface area contributed by atoms with Crippen LogP contribution in [0.15, 0.2) is 18.3 Å². The van der Waals surface area contributed by atoms with E-state index < -0.39 is 0 Å². The molecule has 2 N–H and O–H groups in total. The number of aromatic nitrogens is 1. The number of carbonyl (C=O) groups is 1. The summed E-state index contributed by atoms with van der Waals surface area (Å²) in [6.45, 7) is 0.755. The summed E-state index contributed by atoms with van der Waals surface area (Å²) < 4.78 is 0.255. The highest BCUT2D eigenvalue weighted by molar-refractivity contribution is 8.00. The van der Waals surface area contributed by atoms with Gasteiger partial charge in [0, 0.05) is 29.5 Å². The van der Waals surface area contributed by atoms with E-state index in [1.54, 1.807) is 18.3 Å². The van der Waals surface area contributed by atoms with E-state index in [-0.39, 0.29) is 17.3 Å². The Kier molecular flexibility index (Phi) is 5.05. The molecule has 1 saturated carbocycles. The van der Waals surface area contributed by atoms with Gasteiger partial charge in [-0.15, -0.1) is 0 Å². The highest BCUT2D eigenvalue weighted by Gasteiger charge is 2.41. The summed E-state index contributed by atoms with van der Waals surface area (Å²) >= 11 is 1.82. The Labute approximate surface area is 123 Å². The Morgan fingerprint density at radius 2 is 2.35 bits per heavy atom. The van der Waals surface area contributed by atoms with Crippen LogP contribution in [0, 0.1) is 11.8 Å². The zero-order valence-electron chi connectivity index (χ0n) is 11.5. The van der Waals surface area contributed by atoms with Crippen molar-refractivity contribution >= 4 is 17.7 Å². The highest BCUT2D eigenvalue weighted by Crippen LogP contribution is 2.46. The average Bonchev–Trinajstić information content (AvgIpc) is 3.26. The quantitative estimate of drug-likeness (QED) is 0.806. The van der Waals surface area contributed by atoms with E-state index in [0.717, 1.165) is 5.56 Å². The van der Waals surface area contributed by atoms with Crippen molar-refractivity contribution in [2.24, 2.45) is 0 Å². The number of thioether (sulfide) groups is 1. The molecule has 106 valence electrons. The molecule has 1 fully saturated rings. The van der Waals surface area contributed by atoms with Crippen LogP contribution in [-0.2, 0) is 0 Å². The number of pyridine rings is 1. The molecule has 0 aromatic carbocycles. The summed E-state index contributed by atoms with van der Waals surface area (Å²) in [5, 5.41) is 11.6. The Bertz CT molecular complexity index is 527. The van der Waals surface area contributed by atoms with Crippen LogP contribution in [0.25, 0.3) is 0 Å². The second-order valence-corrected chi connectivity index (χ2v) is 6.05. The van der Waals surface area contributed by atoms with Crippen molar-refractivity contribution in [3.8, 4) is 11.8 Å². The van der Waals surface area contributed by atoms with Crippen molar-refractivity contribution in [3.63, 3.8) is 0 Å². The number of carbonyl (C=O) groups excluding carboxylic acids is 1. The molecule has 0 radical (unpaired) electrons.